The molecule has 2 heterocycles. The highest BCUT2D eigenvalue weighted by Gasteiger charge is 2.32. The Morgan fingerprint density at radius 3 is 3.06 bits per heavy atom. The van der Waals surface area contributed by atoms with Crippen molar-refractivity contribution in [2.75, 3.05) is 19.6 Å². The lowest BCUT2D eigenvalue weighted by Crippen LogP contribution is -2.43. The molecule has 0 amide bonds. The zero-order valence-corrected chi connectivity index (χ0v) is 11.3. The number of phenols is 1. The number of benzene rings is 1. The number of rotatable bonds is 2. The van der Waals surface area contributed by atoms with Gasteiger partial charge in [0.25, 0.3) is 0 Å². The number of nitrogens with zero attached hydrogens (tertiary/aromatic N) is 1. The molecular formula is C14H21ClN2O. The number of halogens is 1. The molecule has 2 N–H and O–H groups in total. The molecule has 2 unspecified atom stereocenters. The standard InChI is InChI=1S/C14H20N2O.ClH/c17-13-3-1-2-11(8-13)9-16-7-5-14-12(10-16)4-6-15-14;/h1-3,8,12,14-15,17H,4-7,9-10H2;1H. The fraction of sp³-hybridized carbons (Fsp3) is 0.571. The van der Waals surface area contributed by atoms with Crippen LogP contribution in [0, 0.1) is 5.92 Å². The Hall–Kier alpha value is -0.770. The Bertz CT molecular complexity index is 399. The quantitative estimate of drug-likeness (QED) is 0.861. The van der Waals surface area contributed by atoms with Crippen molar-refractivity contribution in [3.05, 3.63) is 29.8 Å². The van der Waals surface area contributed by atoms with E-state index in [1.54, 1.807) is 6.07 Å². The summed E-state index contributed by atoms with van der Waals surface area (Å²) in [4.78, 5) is 2.52. The van der Waals surface area contributed by atoms with Gasteiger partial charge in [-0.05, 0) is 49.5 Å². The zero-order chi connectivity index (χ0) is 11.7. The van der Waals surface area contributed by atoms with Crippen LogP contribution in [0.2, 0.25) is 0 Å². The third-order valence-corrected chi connectivity index (χ3v) is 4.06. The average molecular weight is 269 g/mol. The van der Waals surface area contributed by atoms with Crippen LogP contribution in [0.15, 0.2) is 24.3 Å². The normalized spacial score (nSPS) is 27.6. The molecule has 18 heavy (non-hydrogen) atoms. The summed E-state index contributed by atoms with van der Waals surface area (Å²) in [6.45, 7) is 4.53. The van der Waals surface area contributed by atoms with Gasteiger partial charge in [-0.25, -0.2) is 0 Å². The van der Waals surface area contributed by atoms with Crippen LogP contribution in [0.1, 0.15) is 18.4 Å². The van der Waals surface area contributed by atoms with Gasteiger partial charge in [-0.15, -0.1) is 12.4 Å². The highest BCUT2D eigenvalue weighted by atomic mass is 35.5. The van der Waals surface area contributed by atoms with Crippen LogP contribution in [0.3, 0.4) is 0 Å². The lowest BCUT2D eigenvalue weighted by molar-refractivity contribution is 0.156. The third kappa shape index (κ3) is 2.97. The van der Waals surface area contributed by atoms with Gasteiger partial charge in [0.15, 0.2) is 0 Å². The van der Waals surface area contributed by atoms with E-state index >= 15 is 0 Å². The molecule has 0 spiro atoms. The van der Waals surface area contributed by atoms with Gasteiger partial charge in [-0.3, -0.25) is 4.90 Å². The maximum Gasteiger partial charge on any atom is 0.115 e. The van der Waals surface area contributed by atoms with E-state index in [2.05, 4.69) is 16.3 Å². The van der Waals surface area contributed by atoms with Crippen LogP contribution >= 0.6 is 12.4 Å². The van der Waals surface area contributed by atoms with Gasteiger partial charge in [0.1, 0.15) is 5.75 Å². The molecule has 3 nitrogen and oxygen atoms in total. The van der Waals surface area contributed by atoms with Crippen LogP contribution in [-0.2, 0) is 6.54 Å². The molecule has 2 fully saturated rings. The summed E-state index contributed by atoms with van der Waals surface area (Å²) in [5.41, 5.74) is 1.22. The summed E-state index contributed by atoms with van der Waals surface area (Å²) in [5.74, 6) is 1.21. The maximum absolute atomic E-state index is 9.46. The molecule has 1 aromatic rings. The lowest BCUT2D eigenvalue weighted by Gasteiger charge is -2.34. The van der Waals surface area contributed by atoms with Crippen molar-refractivity contribution in [3.63, 3.8) is 0 Å². The second kappa shape index (κ2) is 5.91. The molecule has 4 heteroatoms. The van der Waals surface area contributed by atoms with Crippen molar-refractivity contribution < 1.29 is 5.11 Å². The topological polar surface area (TPSA) is 35.5 Å². The second-order valence-electron chi connectivity index (χ2n) is 5.30. The fourth-order valence-electron chi connectivity index (χ4n) is 3.18. The summed E-state index contributed by atoms with van der Waals surface area (Å²) >= 11 is 0. The molecule has 3 rings (SSSR count). The van der Waals surface area contributed by atoms with E-state index in [0.29, 0.717) is 5.75 Å². The number of fused-ring (bicyclic) bond motifs is 1. The van der Waals surface area contributed by atoms with Crippen molar-refractivity contribution in [1.82, 2.24) is 10.2 Å². The lowest BCUT2D eigenvalue weighted by atomic mass is 9.93. The van der Waals surface area contributed by atoms with E-state index in [1.165, 1.54) is 38.0 Å². The highest BCUT2D eigenvalue weighted by molar-refractivity contribution is 5.85. The van der Waals surface area contributed by atoms with Gasteiger partial charge in [0.2, 0.25) is 0 Å². The van der Waals surface area contributed by atoms with Crippen molar-refractivity contribution in [2.45, 2.75) is 25.4 Å². The number of nitrogens with one attached hydrogen (secondary N) is 1. The molecule has 100 valence electrons. The summed E-state index contributed by atoms with van der Waals surface area (Å²) in [6.07, 6.45) is 2.59. The zero-order valence-electron chi connectivity index (χ0n) is 10.5. The number of hydrogen-bond acceptors (Lipinski definition) is 3. The van der Waals surface area contributed by atoms with E-state index < -0.39 is 0 Å². The summed E-state index contributed by atoms with van der Waals surface area (Å²) in [5, 5.41) is 13.0. The molecule has 0 radical (unpaired) electrons. The van der Waals surface area contributed by atoms with Crippen LogP contribution in [0.25, 0.3) is 0 Å². The Labute approximate surface area is 115 Å². The Morgan fingerprint density at radius 1 is 1.33 bits per heavy atom. The number of phenolic OH excluding ortho intramolecular Hbond substituents is 1. The first-order chi connectivity index (χ1) is 8.31. The predicted octanol–water partition coefficient (Wildman–Crippen LogP) is 2.00. The van der Waals surface area contributed by atoms with E-state index in [1.807, 2.05) is 12.1 Å². The Balaban J connectivity index is 0.00000120. The second-order valence-corrected chi connectivity index (χ2v) is 5.30. The average Bonchev–Trinajstić information content (AvgIpc) is 2.76. The Kier molecular flexibility index (Phi) is 4.49. The molecule has 0 saturated carbocycles. The first kappa shape index (κ1) is 13.7. The SMILES string of the molecule is Cl.Oc1cccc(CN2CCC3NCCC3C2)c1. The van der Waals surface area contributed by atoms with E-state index in [-0.39, 0.29) is 12.4 Å². The van der Waals surface area contributed by atoms with Gasteiger partial charge in [-0.2, -0.15) is 0 Å². The predicted molar refractivity (Wildman–Crippen MR) is 75.1 cm³/mol. The maximum atomic E-state index is 9.46. The van der Waals surface area contributed by atoms with E-state index in [0.717, 1.165) is 18.5 Å². The molecule has 0 aliphatic carbocycles. The van der Waals surface area contributed by atoms with Crippen molar-refractivity contribution >= 4 is 12.4 Å². The van der Waals surface area contributed by atoms with Gasteiger partial charge in [0.05, 0.1) is 0 Å². The van der Waals surface area contributed by atoms with Gasteiger partial charge < -0.3 is 10.4 Å². The summed E-state index contributed by atoms with van der Waals surface area (Å²) in [7, 11) is 0. The fourth-order valence-corrected chi connectivity index (χ4v) is 3.18. The molecular weight excluding hydrogens is 248 g/mol. The third-order valence-electron chi connectivity index (χ3n) is 4.06. The number of piperidine rings is 1. The molecule has 2 atom stereocenters. The highest BCUT2D eigenvalue weighted by Crippen LogP contribution is 2.25. The first-order valence-electron chi connectivity index (χ1n) is 6.55. The summed E-state index contributed by atoms with van der Waals surface area (Å²) < 4.78 is 0. The van der Waals surface area contributed by atoms with Crippen LogP contribution in [-0.4, -0.2) is 35.7 Å². The van der Waals surface area contributed by atoms with E-state index in [4.69, 9.17) is 0 Å². The van der Waals surface area contributed by atoms with Gasteiger partial charge in [0, 0.05) is 19.1 Å². The minimum Gasteiger partial charge on any atom is -0.508 e. The van der Waals surface area contributed by atoms with E-state index in [9.17, 15) is 5.11 Å². The smallest absolute Gasteiger partial charge is 0.115 e. The van der Waals surface area contributed by atoms with Crippen molar-refractivity contribution in [1.29, 1.82) is 0 Å². The monoisotopic (exact) mass is 268 g/mol. The Morgan fingerprint density at radius 2 is 2.22 bits per heavy atom. The van der Waals surface area contributed by atoms with Gasteiger partial charge in [-0.1, -0.05) is 12.1 Å². The molecule has 0 bridgehead atoms. The van der Waals surface area contributed by atoms with Crippen molar-refractivity contribution in [3.8, 4) is 5.75 Å². The largest absolute Gasteiger partial charge is 0.508 e. The van der Waals surface area contributed by atoms with Crippen LogP contribution in [0.5, 0.6) is 5.75 Å². The summed E-state index contributed by atoms with van der Waals surface area (Å²) in [6, 6.07) is 8.39. The number of hydrogen-bond donors (Lipinski definition) is 2. The minimum absolute atomic E-state index is 0. The van der Waals surface area contributed by atoms with Gasteiger partial charge >= 0.3 is 0 Å². The molecule has 0 aromatic heterocycles. The number of aromatic hydroxyl groups is 1. The van der Waals surface area contributed by atoms with Crippen LogP contribution in [0.4, 0.5) is 0 Å². The van der Waals surface area contributed by atoms with Crippen LogP contribution < -0.4 is 5.32 Å². The molecule has 2 aliphatic heterocycles. The molecule has 1 aromatic carbocycles. The molecule has 2 saturated heterocycles. The first-order valence-corrected chi connectivity index (χ1v) is 6.55. The number of likely N-dealkylation sites (tertiary alicyclic amines) is 1. The minimum atomic E-state index is 0. The van der Waals surface area contributed by atoms with Crippen molar-refractivity contribution in [2.24, 2.45) is 5.92 Å². The molecule has 2 aliphatic rings.